The van der Waals surface area contributed by atoms with Gasteiger partial charge in [0.15, 0.2) is 0 Å². The number of amides is 1. The summed E-state index contributed by atoms with van der Waals surface area (Å²) < 4.78 is 3.25. The predicted molar refractivity (Wildman–Crippen MR) is 113 cm³/mol. The molecule has 1 heterocycles. The van der Waals surface area contributed by atoms with Crippen molar-refractivity contribution in [2.75, 3.05) is 20.6 Å². The van der Waals surface area contributed by atoms with E-state index in [0.717, 1.165) is 17.5 Å². The van der Waals surface area contributed by atoms with Crippen LogP contribution in [0.25, 0.3) is 11.0 Å². The molecule has 6 nitrogen and oxygen atoms in total. The van der Waals surface area contributed by atoms with Gasteiger partial charge in [0.25, 0.3) is 0 Å². The fraction of sp³-hybridized carbons (Fsp3) is 0.364. The van der Waals surface area contributed by atoms with Crippen molar-refractivity contribution in [3.8, 4) is 0 Å². The summed E-state index contributed by atoms with van der Waals surface area (Å²) in [6.45, 7) is 3.07. The number of fused-ring (bicyclic) bond motifs is 1. The highest BCUT2D eigenvalue weighted by Crippen LogP contribution is 2.12. The topological polar surface area (TPSA) is 59.3 Å². The lowest BCUT2D eigenvalue weighted by Crippen LogP contribution is -2.43. The molecule has 2 aromatic carbocycles. The molecule has 1 amide bonds. The SMILES string of the molecule is CCn1c(=O)n(CC(=O)NCC(Cc2ccccc2)N(C)C)c2ccccc21. The lowest BCUT2D eigenvalue weighted by atomic mass is 10.1. The second-order valence-electron chi connectivity index (χ2n) is 7.21. The number of aromatic nitrogens is 2. The largest absolute Gasteiger partial charge is 0.353 e. The van der Waals surface area contributed by atoms with Crippen LogP contribution in [0.4, 0.5) is 0 Å². The van der Waals surface area contributed by atoms with Crippen LogP contribution in [-0.2, 0) is 24.3 Å². The molecule has 0 aliphatic rings. The van der Waals surface area contributed by atoms with Crippen molar-refractivity contribution in [3.63, 3.8) is 0 Å². The summed E-state index contributed by atoms with van der Waals surface area (Å²) in [5.41, 5.74) is 2.74. The molecule has 0 aliphatic heterocycles. The number of para-hydroxylation sites is 2. The zero-order chi connectivity index (χ0) is 20.1. The molecule has 28 heavy (non-hydrogen) atoms. The lowest BCUT2D eigenvalue weighted by Gasteiger charge is -2.24. The minimum Gasteiger partial charge on any atom is -0.353 e. The number of carbonyl (C=O) groups excluding carboxylic acids is 1. The van der Waals surface area contributed by atoms with E-state index in [1.807, 2.05) is 63.5 Å². The minimum atomic E-state index is -0.152. The molecule has 6 heteroatoms. The Morgan fingerprint density at radius 3 is 2.21 bits per heavy atom. The quantitative estimate of drug-likeness (QED) is 0.651. The van der Waals surface area contributed by atoms with Gasteiger partial charge in [0.2, 0.25) is 5.91 Å². The van der Waals surface area contributed by atoms with Gasteiger partial charge in [-0.1, -0.05) is 42.5 Å². The molecule has 3 aromatic rings. The zero-order valence-corrected chi connectivity index (χ0v) is 16.8. The monoisotopic (exact) mass is 380 g/mol. The van der Waals surface area contributed by atoms with E-state index in [-0.39, 0.29) is 24.2 Å². The zero-order valence-electron chi connectivity index (χ0n) is 16.8. The number of rotatable bonds is 8. The van der Waals surface area contributed by atoms with Gasteiger partial charge in [0.05, 0.1) is 11.0 Å². The van der Waals surface area contributed by atoms with Gasteiger partial charge in [-0.15, -0.1) is 0 Å². The normalized spacial score (nSPS) is 12.4. The molecule has 1 N–H and O–H groups in total. The van der Waals surface area contributed by atoms with Gasteiger partial charge >= 0.3 is 5.69 Å². The first-order chi connectivity index (χ1) is 13.5. The summed E-state index contributed by atoms with van der Waals surface area (Å²) in [6.07, 6.45) is 0.850. The van der Waals surface area contributed by atoms with Gasteiger partial charge in [-0.25, -0.2) is 4.79 Å². The van der Waals surface area contributed by atoms with Crippen molar-refractivity contribution in [2.24, 2.45) is 0 Å². The van der Waals surface area contributed by atoms with E-state index < -0.39 is 0 Å². The summed E-state index contributed by atoms with van der Waals surface area (Å²) in [7, 11) is 4.03. The van der Waals surface area contributed by atoms with Crippen molar-refractivity contribution < 1.29 is 4.79 Å². The number of likely N-dealkylation sites (N-methyl/N-ethyl adjacent to an activating group) is 1. The molecule has 0 spiro atoms. The molecule has 0 saturated carbocycles. The summed E-state index contributed by atoms with van der Waals surface area (Å²) in [4.78, 5) is 27.4. The smallest absolute Gasteiger partial charge is 0.329 e. The second kappa shape index (κ2) is 8.89. The molecular weight excluding hydrogens is 352 g/mol. The number of hydrogen-bond donors (Lipinski definition) is 1. The molecule has 1 aromatic heterocycles. The van der Waals surface area contributed by atoms with E-state index in [1.165, 1.54) is 5.56 Å². The molecule has 0 bridgehead atoms. The first kappa shape index (κ1) is 19.9. The van der Waals surface area contributed by atoms with Gasteiger partial charge < -0.3 is 10.2 Å². The molecule has 0 saturated heterocycles. The third kappa shape index (κ3) is 4.34. The van der Waals surface area contributed by atoms with Gasteiger partial charge in [-0.05, 0) is 45.1 Å². The Hall–Kier alpha value is -2.86. The van der Waals surface area contributed by atoms with Crippen molar-refractivity contribution >= 4 is 16.9 Å². The van der Waals surface area contributed by atoms with Crippen molar-refractivity contribution in [2.45, 2.75) is 32.5 Å². The van der Waals surface area contributed by atoms with Crippen LogP contribution in [0, 0.1) is 0 Å². The summed E-state index contributed by atoms with van der Waals surface area (Å²) in [5, 5.41) is 3.00. The minimum absolute atomic E-state index is 0.0256. The number of aryl methyl sites for hydroxylation is 1. The van der Waals surface area contributed by atoms with Crippen LogP contribution >= 0.6 is 0 Å². The Kier molecular flexibility index (Phi) is 6.31. The summed E-state index contributed by atoms with van der Waals surface area (Å²) in [5.74, 6) is -0.152. The first-order valence-electron chi connectivity index (χ1n) is 9.66. The molecule has 1 atom stereocenters. The van der Waals surface area contributed by atoms with Crippen LogP contribution in [0.5, 0.6) is 0 Å². The van der Waals surface area contributed by atoms with Crippen molar-refractivity contribution in [3.05, 3.63) is 70.6 Å². The Bertz CT molecular complexity index is 989. The standard InChI is InChI=1S/C22H28N4O2/c1-4-25-19-12-8-9-13-20(19)26(22(25)28)16-21(27)23-15-18(24(2)3)14-17-10-6-5-7-11-17/h5-13,18H,4,14-16H2,1-3H3,(H,23,27). The Labute approximate surface area is 165 Å². The summed E-state index contributed by atoms with van der Waals surface area (Å²) in [6, 6.07) is 18.0. The highest BCUT2D eigenvalue weighted by molar-refractivity contribution is 5.80. The van der Waals surface area contributed by atoms with Crippen LogP contribution in [0.15, 0.2) is 59.4 Å². The molecular formula is C22H28N4O2. The third-order valence-electron chi connectivity index (χ3n) is 5.12. The third-order valence-corrected chi connectivity index (χ3v) is 5.12. The van der Waals surface area contributed by atoms with E-state index in [1.54, 1.807) is 9.13 Å². The second-order valence-corrected chi connectivity index (χ2v) is 7.21. The van der Waals surface area contributed by atoms with E-state index in [2.05, 4.69) is 22.3 Å². The van der Waals surface area contributed by atoms with Gasteiger partial charge in [-0.3, -0.25) is 13.9 Å². The lowest BCUT2D eigenvalue weighted by molar-refractivity contribution is -0.121. The Balaban J connectivity index is 1.69. The highest BCUT2D eigenvalue weighted by atomic mass is 16.2. The fourth-order valence-corrected chi connectivity index (χ4v) is 3.49. The van der Waals surface area contributed by atoms with E-state index in [0.29, 0.717) is 13.1 Å². The number of carbonyl (C=O) groups is 1. The van der Waals surface area contributed by atoms with Gasteiger partial charge in [0.1, 0.15) is 6.54 Å². The number of benzene rings is 2. The van der Waals surface area contributed by atoms with E-state index in [9.17, 15) is 9.59 Å². The number of hydrogen-bond acceptors (Lipinski definition) is 3. The number of nitrogens with one attached hydrogen (secondary N) is 1. The molecule has 1 unspecified atom stereocenters. The number of nitrogens with zero attached hydrogens (tertiary/aromatic N) is 3. The molecule has 3 rings (SSSR count). The molecule has 148 valence electrons. The first-order valence-corrected chi connectivity index (χ1v) is 9.66. The van der Waals surface area contributed by atoms with Crippen LogP contribution in [0.3, 0.4) is 0 Å². The van der Waals surface area contributed by atoms with Crippen molar-refractivity contribution in [1.82, 2.24) is 19.4 Å². The Morgan fingerprint density at radius 1 is 1.00 bits per heavy atom. The van der Waals surface area contributed by atoms with Gasteiger partial charge in [-0.2, -0.15) is 0 Å². The van der Waals surface area contributed by atoms with Crippen LogP contribution in [0.2, 0.25) is 0 Å². The predicted octanol–water partition coefficient (Wildman–Crippen LogP) is 2.11. The van der Waals surface area contributed by atoms with E-state index >= 15 is 0 Å². The maximum Gasteiger partial charge on any atom is 0.329 e. The number of imidazole rings is 1. The average molecular weight is 380 g/mol. The van der Waals surface area contributed by atoms with Crippen LogP contribution in [-0.4, -0.2) is 46.6 Å². The Morgan fingerprint density at radius 2 is 1.61 bits per heavy atom. The maximum absolute atomic E-state index is 12.7. The fourth-order valence-electron chi connectivity index (χ4n) is 3.49. The van der Waals surface area contributed by atoms with E-state index in [4.69, 9.17) is 0 Å². The highest BCUT2D eigenvalue weighted by Gasteiger charge is 2.17. The van der Waals surface area contributed by atoms with Crippen LogP contribution < -0.4 is 11.0 Å². The van der Waals surface area contributed by atoms with Crippen LogP contribution in [0.1, 0.15) is 12.5 Å². The molecule has 0 fully saturated rings. The summed E-state index contributed by atoms with van der Waals surface area (Å²) >= 11 is 0. The molecule has 0 radical (unpaired) electrons. The maximum atomic E-state index is 12.7. The van der Waals surface area contributed by atoms with Gasteiger partial charge in [0, 0.05) is 19.1 Å². The average Bonchev–Trinajstić information content (AvgIpc) is 2.96. The van der Waals surface area contributed by atoms with Crippen molar-refractivity contribution in [1.29, 1.82) is 0 Å². The molecule has 0 aliphatic carbocycles.